The molecule has 1 unspecified atom stereocenters. The number of rotatable bonds is 2. The van der Waals surface area contributed by atoms with Gasteiger partial charge in [-0.1, -0.05) is 19.3 Å². The van der Waals surface area contributed by atoms with E-state index in [1.165, 1.54) is 32.1 Å². The predicted molar refractivity (Wildman–Crippen MR) is 54.2 cm³/mol. The molecule has 0 amide bonds. The topological polar surface area (TPSA) is 40.5 Å². The lowest BCUT2D eigenvalue weighted by atomic mass is 9.94. The standard InChI is InChI=1S/C11H19NO2/c13-11(14)10-7-4-8-12(10)9-5-2-1-3-6-9/h9-10H,1-8H2,(H,13,14). The van der Waals surface area contributed by atoms with Crippen LogP contribution in [0.1, 0.15) is 44.9 Å². The van der Waals surface area contributed by atoms with Gasteiger partial charge < -0.3 is 5.11 Å². The minimum absolute atomic E-state index is 0.182. The van der Waals surface area contributed by atoms with Gasteiger partial charge >= 0.3 is 5.97 Å². The number of likely N-dealkylation sites (tertiary alicyclic amines) is 1. The van der Waals surface area contributed by atoms with Gasteiger partial charge in [-0.2, -0.15) is 0 Å². The number of hydrogen-bond acceptors (Lipinski definition) is 2. The first-order valence-corrected chi connectivity index (χ1v) is 5.77. The van der Waals surface area contributed by atoms with Crippen molar-refractivity contribution >= 4 is 5.97 Å². The first-order valence-electron chi connectivity index (χ1n) is 5.77. The van der Waals surface area contributed by atoms with Gasteiger partial charge in [0, 0.05) is 6.04 Å². The molecule has 2 rings (SSSR count). The molecule has 1 saturated carbocycles. The molecular formula is C11H19NO2. The van der Waals surface area contributed by atoms with Crippen LogP contribution in [-0.4, -0.2) is 34.6 Å². The largest absolute Gasteiger partial charge is 0.480 e. The fraction of sp³-hybridized carbons (Fsp3) is 0.909. The van der Waals surface area contributed by atoms with Crippen molar-refractivity contribution in [2.45, 2.75) is 57.0 Å². The minimum Gasteiger partial charge on any atom is -0.480 e. The van der Waals surface area contributed by atoms with E-state index in [2.05, 4.69) is 4.90 Å². The molecule has 3 nitrogen and oxygen atoms in total. The second kappa shape index (κ2) is 4.30. The fourth-order valence-corrected chi connectivity index (χ4v) is 2.90. The number of carboxylic acid groups (broad SMARTS) is 1. The molecule has 1 heterocycles. The first-order chi connectivity index (χ1) is 6.79. The van der Waals surface area contributed by atoms with Gasteiger partial charge in [-0.3, -0.25) is 9.69 Å². The van der Waals surface area contributed by atoms with Crippen molar-refractivity contribution in [1.82, 2.24) is 4.90 Å². The van der Waals surface area contributed by atoms with Crippen molar-refractivity contribution < 1.29 is 9.90 Å². The minimum atomic E-state index is -0.618. The maximum Gasteiger partial charge on any atom is 0.320 e. The van der Waals surface area contributed by atoms with E-state index < -0.39 is 5.97 Å². The summed E-state index contributed by atoms with van der Waals surface area (Å²) in [4.78, 5) is 13.3. The van der Waals surface area contributed by atoms with E-state index in [4.69, 9.17) is 5.11 Å². The van der Waals surface area contributed by atoms with Crippen molar-refractivity contribution in [1.29, 1.82) is 0 Å². The second-order valence-corrected chi connectivity index (χ2v) is 4.53. The number of carboxylic acids is 1. The average Bonchev–Trinajstić information content (AvgIpc) is 2.67. The molecule has 0 bridgehead atoms. The summed E-state index contributed by atoms with van der Waals surface area (Å²) in [7, 11) is 0. The van der Waals surface area contributed by atoms with E-state index in [0.717, 1.165) is 19.4 Å². The summed E-state index contributed by atoms with van der Waals surface area (Å²) in [5, 5.41) is 9.07. The van der Waals surface area contributed by atoms with Crippen molar-refractivity contribution in [3.05, 3.63) is 0 Å². The quantitative estimate of drug-likeness (QED) is 0.734. The van der Waals surface area contributed by atoms with Crippen LogP contribution in [0.2, 0.25) is 0 Å². The van der Waals surface area contributed by atoms with Gasteiger partial charge in [0.25, 0.3) is 0 Å². The van der Waals surface area contributed by atoms with Crippen LogP contribution in [0.3, 0.4) is 0 Å². The van der Waals surface area contributed by atoms with Crippen LogP contribution >= 0.6 is 0 Å². The molecule has 2 aliphatic rings. The lowest BCUT2D eigenvalue weighted by molar-refractivity contribution is -0.143. The van der Waals surface area contributed by atoms with Crippen LogP contribution in [-0.2, 0) is 4.79 Å². The van der Waals surface area contributed by atoms with Gasteiger partial charge in [0.05, 0.1) is 0 Å². The van der Waals surface area contributed by atoms with Crippen LogP contribution in [0, 0.1) is 0 Å². The highest BCUT2D eigenvalue weighted by atomic mass is 16.4. The van der Waals surface area contributed by atoms with Crippen LogP contribution in [0.15, 0.2) is 0 Å². The van der Waals surface area contributed by atoms with Crippen molar-refractivity contribution in [2.24, 2.45) is 0 Å². The maximum atomic E-state index is 11.0. The number of aliphatic carboxylic acids is 1. The molecule has 1 atom stereocenters. The molecule has 0 spiro atoms. The monoisotopic (exact) mass is 197 g/mol. The lowest BCUT2D eigenvalue weighted by Gasteiger charge is -2.33. The zero-order valence-corrected chi connectivity index (χ0v) is 8.61. The van der Waals surface area contributed by atoms with E-state index in [1.54, 1.807) is 0 Å². The Kier molecular flexibility index (Phi) is 3.06. The number of hydrogen-bond donors (Lipinski definition) is 1. The maximum absolute atomic E-state index is 11.0. The third-order valence-electron chi connectivity index (χ3n) is 3.62. The van der Waals surface area contributed by atoms with Crippen LogP contribution in [0.25, 0.3) is 0 Å². The van der Waals surface area contributed by atoms with Gasteiger partial charge in [0.1, 0.15) is 6.04 Å². The molecule has 2 fully saturated rings. The predicted octanol–water partition coefficient (Wildman–Crippen LogP) is 1.87. The molecule has 0 aromatic heterocycles. The smallest absolute Gasteiger partial charge is 0.320 e. The van der Waals surface area contributed by atoms with Gasteiger partial charge in [0.2, 0.25) is 0 Å². The average molecular weight is 197 g/mol. The Balaban J connectivity index is 1.97. The second-order valence-electron chi connectivity index (χ2n) is 4.53. The lowest BCUT2D eigenvalue weighted by Crippen LogP contribution is -2.44. The Morgan fingerprint density at radius 3 is 2.43 bits per heavy atom. The highest BCUT2D eigenvalue weighted by molar-refractivity contribution is 5.73. The van der Waals surface area contributed by atoms with Crippen LogP contribution in [0.4, 0.5) is 0 Å². The molecule has 3 heteroatoms. The molecule has 1 N–H and O–H groups in total. The fourth-order valence-electron chi connectivity index (χ4n) is 2.90. The molecule has 0 radical (unpaired) electrons. The Morgan fingerprint density at radius 1 is 1.07 bits per heavy atom. The van der Waals surface area contributed by atoms with Crippen LogP contribution in [0.5, 0.6) is 0 Å². The van der Waals surface area contributed by atoms with E-state index in [9.17, 15) is 4.79 Å². The molecular weight excluding hydrogens is 178 g/mol. The molecule has 80 valence electrons. The van der Waals surface area contributed by atoms with Gasteiger partial charge in [-0.05, 0) is 32.2 Å². The molecule has 0 aromatic carbocycles. The molecule has 14 heavy (non-hydrogen) atoms. The Bertz CT molecular complexity index is 211. The summed E-state index contributed by atoms with van der Waals surface area (Å²) in [6, 6.07) is 0.380. The molecule has 1 aliphatic heterocycles. The summed E-state index contributed by atoms with van der Waals surface area (Å²) < 4.78 is 0. The van der Waals surface area contributed by atoms with Crippen molar-refractivity contribution in [3.63, 3.8) is 0 Å². The van der Waals surface area contributed by atoms with Crippen molar-refractivity contribution in [3.8, 4) is 0 Å². The van der Waals surface area contributed by atoms with E-state index in [0.29, 0.717) is 6.04 Å². The summed E-state index contributed by atoms with van der Waals surface area (Å²) in [6.45, 7) is 1.00. The van der Waals surface area contributed by atoms with E-state index in [-0.39, 0.29) is 6.04 Å². The highest BCUT2D eigenvalue weighted by Crippen LogP contribution is 2.29. The first kappa shape index (κ1) is 9.97. The molecule has 0 aromatic rings. The summed E-state index contributed by atoms with van der Waals surface area (Å²) >= 11 is 0. The Hall–Kier alpha value is -0.570. The zero-order valence-electron chi connectivity index (χ0n) is 8.61. The van der Waals surface area contributed by atoms with Gasteiger partial charge in [0.15, 0.2) is 0 Å². The Morgan fingerprint density at radius 2 is 1.79 bits per heavy atom. The Labute approximate surface area is 85.1 Å². The van der Waals surface area contributed by atoms with Gasteiger partial charge in [-0.25, -0.2) is 0 Å². The van der Waals surface area contributed by atoms with Crippen molar-refractivity contribution in [2.75, 3.05) is 6.54 Å². The number of carbonyl (C=O) groups is 1. The zero-order chi connectivity index (χ0) is 9.97. The summed E-state index contributed by atoms with van der Waals surface area (Å²) in [5.41, 5.74) is 0. The summed E-state index contributed by atoms with van der Waals surface area (Å²) in [5.74, 6) is -0.618. The molecule has 1 aliphatic carbocycles. The van der Waals surface area contributed by atoms with Crippen LogP contribution < -0.4 is 0 Å². The third-order valence-corrected chi connectivity index (χ3v) is 3.62. The van der Waals surface area contributed by atoms with E-state index in [1.807, 2.05) is 0 Å². The van der Waals surface area contributed by atoms with Gasteiger partial charge in [-0.15, -0.1) is 0 Å². The summed E-state index contributed by atoms with van der Waals surface area (Å²) in [6.07, 6.45) is 8.25. The van der Waals surface area contributed by atoms with E-state index >= 15 is 0 Å². The third kappa shape index (κ3) is 1.92. The normalized spacial score (nSPS) is 30.7. The highest BCUT2D eigenvalue weighted by Gasteiger charge is 2.35. The number of nitrogens with zero attached hydrogens (tertiary/aromatic N) is 1. The SMILES string of the molecule is O=C(O)C1CCCN1C1CCCCC1. The molecule has 1 saturated heterocycles.